The maximum absolute atomic E-state index is 3.53. The highest BCUT2D eigenvalue weighted by Gasteiger charge is 2.19. The molecule has 0 aromatic heterocycles. The molecule has 0 aliphatic heterocycles. The van der Waals surface area contributed by atoms with Crippen LogP contribution in [-0.4, -0.2) is 12.6 Å². The number of hydrogen-bond acceptors (Lipinski definition) is 1. The molecule has 1 aliphatic carbocycles. The van der Waals surface area contributed by atoms with Crippen LogP contribution in [0.3, 0.4) is 0 Å². The van der Waals surface area contributed by atoms with Crippen LogP contribution < -0.4 is 5.32 Å². The average molecular weight is 215 g/mol. The van der Waals surface area contributed by atoms with Crippen LogP contribution in [0.1, 0.15) is 37.3 Å². The van der Waals surface area contributed by atoms with E-state index in [9.17, 15) is 0 Å². The number of nitrogens with one attached hydrogen (secondary N) is 1. The van der Waals surface area contributed by atoms with Crippen molar-refractivity contribution in [2.45, 2.75) is 39.2 Å². The number of rotatable bonds is 5. The molecule has 0 bridgehead atoms. The highest BCUT2D eigenvalue weighted by Crippen LogP contribution is 2.19. The Hall–Kier alpha value is -1.08. The highest BCUT2D eigenvalue weighted by atomic mass is 14.9. The molecule has 0 saturated heterocycles. The average Bonchev–Trinajstić information content (AvgIpc) is 3.09. The minimum atomic E-state index is 0.827. The van der Waals surface area contributed by atoms with Gasteiger partial charge in [-0.15, -0.1) is 0 Å². The summed E-state index contributed by atoms with van der Waals surface area (Å²) in [5.41, 5.74) is 4.06. The summed E-state index contributed by atoms with van der Waals surface area (Å²) in [5, 5.41) is 3.53. The van der Waals surface area contributed by atoms with Crippen molar-refractivity contribution in [1.82, 2.24) is 5.32 Å². The summed E-state index contributed by atoms with van der Waals surface area (Å²) in [4.78, 5) is 0. The van der Waals surface area contributed by atoms with Crippen molar-refractivity contribution in [1.29, 1.82) is 0 Å². The maximum Gasteiger partial charge on any atom is 0.00683 e. The van der Waals surface area contributed by atoms with Gasteiger partial charge in [-0.3, -0.25) is 0 Å². The van der Waals surface area contributed by atoms with Crippen molar-refractivity contribution in [2.75, 3.05) is 6.54 Å². The van der Waals surface area contributed by atoms with E-state index in [0.29, 0.717) is 0 Å². The van der Waals surface area contributed by atoms with Crippen LogP contribution in [0.2, 0.25) is 0 Å². The molecular weight excluding hydrogens is 194 g/mol. The fourth-order valence-corrected chi connectivity index (χ4v) is 1.80. The summed E-state index contributed by atoms with van der Waals surface area (Å²) in [7, 11) is 0. The quantitative estimate of drug-likeness (QED) is 0.741. The zero-order chi connectivity index (χ0) is 11.4. The summed E-state index contributed by atoms with van der Waals surface area (Å²) in [6.07, 6.45) is 6.22. The predicted octanol–water partition coefficient (Wildman–Crippen LogP) is 3.54. The fraction of sp³-hybridized carbons (Fsp3) is 0.467. The van der Waals surface area contributed by atoms with Gasteiger partial charge in [0.25, 0.3) is 0 Å². The monoisotopic (exact) mass is 215 g/mol. The van der Waals surface area contributed by atoms with Gasteiger partial charge < -0.3 is 5.32 Å². The minimum absolute atomic E-state index is 0.827. The number of allylic oxidation sites excluding steroid dienone is 1. The SMILES string of the molecule is CC(=CCCNC1CC1)c1ccc(C)cc1. The Morgan fingerprint density at radius 2 is 2.00 bits per heavy atom. The molecule has 1 fully saturated rings. The third-order valence-electron chi connectivity index (χ3n) is 3.11. The highest BCUT2D eigenvalue weighted by molar-refractivity contribution is 5.63. The van der Waals surface area contributed by atoms with Crippen LogP contribution in [0.5, 0.6) is 0 Å². The Balaban J connectivity index is 1.82. The standard InChI is InChI=1S/C15H21N/c1-12-5-7-14(8-6-12)13(2)4-3-11-16-15-9-10-15/h4-8,15-16H,3,9-11H2,1-2H3. The van der Waals surface area contributed by atoms with Gasteiger partial charge in [0.2, 0.25) is 0 Å². The molecule has 1 aromatic carbocycles. The van der Waals surface area contributed by atoms with Crippen LogP contribution in [0.25, 0.3) is 5.57 Å². The molecular formula is C15H21N. The summed E-state index contributed by atoms with van der Waals surface area (Å²) in [6, 6.07) is 9.59. The van der Waals surface area contributed by atoms with Gasteiger partial charge in [-0.25, -0.2) is 0 Å². The topological polar surface area (TPSA) is 12.0 Å². The van der Waals surface area contributed by atoms with Gasteiger partial charge in [-0.2, -0.15) is 0 Å². The zero-order valence-corrected chi connectivity index (χ0v) is 10.3. The third kappa shape index (κ3) is 3.49. The van der Waals surface area contributed by atoms with Gasteiger partial charge in [-0.05, 0) is 50.8 Å². The molecule has 0 unspecified atom stereocenters. The summed E-state index contributed by atoms with van der Waals surface area (Å²) in [5.74, 6) is 0. The van der Waals surface area contributed by atoms with E-state index >= 15 is 0 Å². The van der Waals surface area contributed by atoms with E-state index in [1.165, 1.54) is 29.5 Å². The van der Waals surface area contributed by atoms with Crippen LogP contribution in [0, 0.1) is 6.92 Å². The smallest absolute Gasteiger partial charge is 0.00683 e. The molecule has 1 aromatic rings. The first-order chi connectivity index (χ1) is 7.75. The summed E-state index contributed by atoms with van der Waals surface area (Å²) >= 11 is 0. The molecule has 1 nitrogen and oxygen atoms in total. The van der Waals surface area contributed by atoms with Crippen molar-refractivity contribution >= 4 is 5.57 Å². The first kappa shape index (κ1) is 11.4. The third-order valence-corrected chi connectivity index (χ3v) is 3.11. The first-order valence-electron chi connectivity index (χ1n) is 6.23. The fourth-order valence-electron chi connectivity index (χ4n) is 1.80. The molecule has 0 spiro atoms. The molecule has 2 rings (SSSR count). The maximum atomic E-state index is 3.53. The van der Waals surface area contributed by atoms with E-state index < -0.39 is 0 Å². The number of aryl methyl sites for hydroxylation is 1. The van der Waals surface area contributed by atoms with Crippen LogP contribution in [0.15, 0.2) is 30.3 Å². The molecule has 0 heterocycles. The van der Waals surface area contributed by atoms with E-state index in [1.54, 1.807) is 0 Å². The van der Waals surface area contributed by atoms with E-state index in [-0.39, 0.29) is 0 Å². The van der Waals surface area contributed by atoms with Gasteiger partial charge in [0, 0.05) is 6.04 Å². The Bertz CT molecular complexity index is 358. The van der Waals surface area contributed by atoms with E-state index in [1.807, 2.05) is 0 Å². The normalized spacial score (nSPS) is 16.5. The van der Waals surface area contributed by atoms with E-state index in [2.05, 4.69) is 49.5 Å². The lowest BCUT2D eigenvalue weighted by Crippen LogP contribution is -2.16. The molecule has 86 valence electrons. The van der Waals surface area contributed by atoms with Crippen molar-refractivity contribution in [3.05, 3.63) is 41.5 Å². The van der Waals surface area contributed by atoms with Crippen molar-refractivity contribution < 1.29 is 0 Å². The van der Waals surface area contributed by atoms with E-state index in [4.69, 9.17) is 0 Å². The molecule has 16 heavy (non-hydrogen) atoms. The van der Waals surface area contributed by atoms with E-state index in [0.717, 1.165) is 19.0 Å². The number of hydrogen-bond donors (Lipinski definition) is 1. The lowest BCUT2D eigenvalue weighted by molar-refractivity contribution is 0.690. The second-order valence-electron chi connectivity index (χ2n) is 4.77. The van der Waals surface area contributed by atoms with Crippen LogP contribution in [0.4, 0.5) is 0 Å². The lowest BCUT2D eigenvalue weighted by atomic mass is 10.0. The van der Waals surface area contributed by atoms with Crippen molar-refractivity contribution in [2.24, 2.45) is 0 Å². The Morgan fingerprint density at radius 1 is 1.31 bits per heavy atom. The Kier molecular flexibility index (Phi) is 3.79. The first-order valence-corrected chi connectivity index (χ1v) is 6.23. The molecule has 1 N–H and O–H groups in total. The van der Waals surface area contributed by atoms with Gasteiger partial charge in [0.1, 0.15) is 0 Å². The Morgan fingerprint density at radius 3 is 2.62 bits per heavy atom. The molecule has 0 radical (unpaired) electrons. The van der Waals surface area contributed by atoms with Gasteiger partial charge in [-0.1, -0.05) is 35.9 Å². The zero-order valence-electron chi connectivity index (χ0n) is 10.3. The van der Waals surface area contributed by atoms with Gasteiger partial charge in [0.15, 0.2) is 0 Å². The van der Waals surface area contributed by atoms with Crippen LogP contribution in [-0.2, 0) is 0 Å². The largest absolute Gasteiger partial charge is 0.314 e. The van der Waals surface area contributed by atoms with Crippen molar-refractivity contribution in [3.63, 3.8) is 0 Å². The molecule has 1 saturated carbocycles. The molecule has 1 aliphatic rings. The summed E-state index contributed by atoms with van der Waals surface area (Å²) < 4.78 is 0. The Labute approximate surface area is 98.6 Å². The van der Waals surface area contributed by atoms with Crippen molar-refractivity contribution in [3.8, 4) is 0 Å². The van der Waals surface area contributed by atoms with Gasteiger partial charge >= 0.3 is 0 Å². The summed E-state index contributed by atoms with van der Waals surface area (Å²) in [6.45, 7) is 5.44. The predicted molar refractivity (Wildman–Crippen MR) is 70.5 cm³/mol. The second kappa shape index (κ2) is 5.31. The number of benzene rings is 1. The van der Waals surface area contributed by atoms with Gasteiger partial charge in [0.05, 0.1) is 0 Å². The van der Waals surface area contributed by atoms with Crippen LogP contribution >= 0.6 is 0 Å². The lowest BCUT2D eigenvalue weighted by Gasteiger charge is -2.03. The molecule has 1 heteroatoms. The molecule has 0 amide bonds. The molecule has 0 atom stereocenters. The minimum Gasteiger partial charge on any atom is -0.314 e. The second-order valence-corrected chi connectivity index (χ2v) is 4.77.